The first-order valence-electron chi connectivity index (χ1n) is 9.71. The molecular weight excluding hydrogens is 383 g/mol. The Bertz CT molecular complexity index is 1300. The number of aliphatic imine (C=N–C) groups is 1. The summed E-state index contributed by atoms with van der Waals surface area (Å²) in [5.41, 5.74) is 6.65. The van der Waals surface area contributed by atoms with Crippen LogP contribution in [-0.4, -0.2) is 37.0 Å². The van der Waals surface area contributed by atoms with Crippen LogP contribution >= 0.6 is 0 Å². The van der Waals surface area contributed by atoms with Gasteiger partial charge in [-0.25, -0.2) is 19.0 Å². The summed E-state index contributed by atoms with van der Waals surface area (Å²) in [4.78, 5) is 9.38. The van der Waals surface area contributed by atoms with E-state index >= 15 is 0 Å². The molecule has 2 aromatic carbocycles. The predicted molar refractivity (Wildman–Crippen MR) is 108 cm³/mol. The first kappa shape index (κ1) is 17.1. The molecule has 0 saturated heterocycles. The maximum atomic E-state index is 13.2. The second kappa shape index (κ2) is 6.35. The number of rotatable bonds is 2. The summed E-state index contributed by atoms with van der Waals surface area (Å²) in [6.07, 6.45) is 4.17. The number of benzene rings is 2. The lowest BCUT2D eigenvalue weighted by molar-refractivity contribution is 0.319. The van der Waals surface area contributed by atoms with E-state index in [1.165, 1.54) is 12.1 Å². The highest BCUT2D eigenvalue weighted by Gasteiger charge is 2.29. The zero-order chi connectivity index (χ0) is 20.2. The van der Waals surface area contributed by atoms with Crippen LogP contribution in [0.4, 0.5) is 4.39 Å². The molecular formula is C22H17FN6O. The molecule has 4 heterocycles. The molecule has 0 aliphatic carbocycles. The van der Waals surface area contributed by atoms with Crippen molar-refractivity contribution >= 4 is 5.90 Å². The van der Waals surface area contributed by atoms with E-state index in [4.69, 9.17) is 9.73 Å². The number of aryl methyl sites for hydroxylation is 1. The lowest BCUT2D eigenvalue weighted by Crippen LogP contribution is -2.08. The van der Waals surface area contributed by atoms with Crippen molar-refractivity contribution in [3.8, 4) is 11.4 Å². The zero-order valence-electron chi connectivity index (χ0n) is 16.2. The van der Waals surface area contributed by atoms with Gasteiger partial charge < -0.3 is 4.74 Å². The third-order valence-electron chi connectivity index (χ3n) is 5.56. The van der Waals surface area contributed by atoms with Gasteiger partial charge in [-0.1, -0.05) is 23.4 Å². The van der Waals surface area contributed by atoms with Gasteiger partial charge in [0.25, 0.3) is 0 Å². The average molecular weight is 400 g/mol. The number of ether oxygens (including phenoxy) is 1. The molecule has 0 fully saturated rings. The highest BCUT2D eigenvalue weighted by molar-refractivity contribution is 5.95. The Kier molecular flexibility index (Phi) is 3.61. The number of halogens is 1. The van der Waals surface area contributed by atoms with Gasteiger partial charge in [-0.3, -0.25) is 4.57 Å². The van der Waals surface area contributed by atoms with E-state index in [1.54, 1.807) is 24.7 Å². The maximum Gasteiger partial charge on any atom is 0.238 e. The molecule has 1 atom stereocenters. The normalized spacial score (nSPS) is 16.9. The minimum atomic E-state index is -0.264. The molecule has 2 aromatic heterocycles. The number of fused-ring (bicyclic) bond motifs is 5. The molecule has 0 amide bonds. The fraction of sp³-hybridized carbons (Fsp3) is 0.182. The standard InChI is InChI=1S/C22H17FN6O/c1-13-2-7-18-19(8-13)29-16(10-25-27-29)9-20-21(24-12-28(18)20)22-26-17(11-30-22)14-3-5-15(23)6-4-14/h2-8,10,12,17H,9,11H2,1H3/t17-/m0/s1. The summed E-state index contributed by atoms with van der Waals surface area (Å²) in [5, 5.41) is 8.40. The van der Waals surface area contributed by atoms with Crippen LogP contribution in [0.15, 0.2) is 60.0 Å². The maximum absolute atomic E-state index is 13.2. The van der Waals surface area contributed by atoms with E-state index in [0.717, 1.165) is 33.9 Å². The largest absolute Gasteiger partial charge is 0.474 e. The van der Waals surface area contributed by atoms with Gasteiger partial charge in [0.15, 0.2) is 0 Å². The SMILES string of the molecule is Cc1ccc2c(c1)-n1nncc1Cc1c(C3=N[C@H](c4ccc(F)cc4)CO3)ncn1-2. The van der Waals surface area contributed by atoms with Crippen molar-refractivity contribution in [3.63, 3.8) is 0 Å². The molecule has 2 aliphatic rings. The molecule has 6 rings (SSSR count). The first-order chi connectivity index (χ1) is 14.7. The highest BCUT2D eigenvalue weighted by atomic mass is 19.1. The van der Waals surface area contributed by atoms with Crippen molar-refractivity contribution in [2.75, 3.05) is 6.61 Å². The third-order valence-corrected chi connectivity index (χ3v) is 5.56. The summed E-state index contributed by atoms with van der Waals surface area (Å²) < 4.78 is 23.1. The molecule has 7 nitrogen and oxygen atoms in total. The van der Waals surface area contributed by atoms with E-state index in [0.29, 0.717) is 24.6 Å². The van der Waals surface area contributed by atoms with Crippen LogP contribution in [0, 0.1) is 12.7 Å². The second-order valence-electron chi connectivity index (χ2n) is 7.53. The Morgan fingerprint density at radius 3 is 2.83 bits per heavy atom. The van der Waals surface area contributed by atoms with Crippen LogP contribution < -0.4 is 0 Å². The van der Waals surface area contributed by atoms with E-state index < -0.39 is 0 Å². The van der Waals surface area contributed by atoms with Crippen molar-refractivity contribution in [3.05, 3.63) is 89.0 Å². The second-order valence-corrected chi connectivity index (χ2v) is 7.53. The topological polar surface area (TPSA) is 70.1 Å². The van der Waals surface area contributed by atoms with Crippen LogP contribution in [-0.2, 0) is 11.2 Å². The number of aromatic nitrogens is 5. The van der Waals surface area contributed by atoms with Gasteiger partial charge in [0.05, 0.1) is 29.0 Å². The Labute approximate surface area is 171 Å². The van der Waals surface area contributed by atoms with Crippen LogP contribution in [0.3, 0.4) is 0 Å². The predicted octanol–water partition coefficient (Wildman–Crippen LogP) is 3.32. The zero-order valence-corrected chi connectivity index (χ0v) is 16.2. The van der Waals surface area contributed by atoms with Gasteiger partial charge in [-0.05, 0) is 42.3 Å². The summed E-state index contributed by atoms with van der Waals surface area (Å²) in [6, 6.07) is 12.4. The van der Waals surface area contributed by atoms with E-state index in [1.807, 2.05) is 4.68 Å². The Morgan fingerprint density at radius 2 is 1.97 bits per heavy atom. The highest BCUT2D eigenvalue weighted by Crippen LogP contribution is 2.31. The Morgan fingerprint density at radius 1 is 1.10 bits per heavy atom. The minimum Gasteiger partial charge on any atom is -0.474 e. The van der Waals surface area contributed by atoms with Gasteiger partial charge in [0.2, 0.25) is 5.90 Å². The summed E-state index contributed by atoms with van der Waals surface area (Å²) in [5.74, 6) is 0.244. The van der Waals surface area contributed by atoms with Crippen molar-refractivity contribution in [1.29, 1.82) is 0 Å². The molecule has 8 heteroatoms. The molecule has 0 radical (unpaired) electrons. The monoisotopic (exact) mass is 400 g/mol. The van der Waals surface area contributed by atoms with Gasteiger partial charge in [0.1, 0.15) is 30.5 Å². The summed E-state index contributed by atoms with van der Waals surface area (Å²) >= 11 is 0. The molecule has 0 N–H and O–H groups in total. The molecule has 4 aromatic rings. The van der Waals surface area contributed by atoms with Crippen molar-refractivity contribution < 1.29 is 9.13 Å². The van der Waals surface area contributed by atoms with Gasteiger partial charge in [-0.15, -0.1) is 5.10 Å². The fourth-order valence-corrected chi connectivity index (χ4v) is 4.05. The molecule has 148 valence electrons. The van der Waals surface area contributed by atoms with Gasteiger partial charge in [0, 0.05) is 6.42 Å². The van der Waals surface area contributed by atoms with Crippen molar-refractivity contribution in [2.24, 2.45) is 4.99 Å². The molecule has 0 bridgehead atoms. The smallest absolute Gasteiger partial charge is 0.238 e. The summed E-state index contributed by atoms with van der Waals surface area (Å²) in [7, 11) is 0. The average Bonchev–Trinajstić information content (AvgIpc) is 3.48. The Balaban J connectivity index is 1.46. The van der Waals surface area contributed by atoms with Crippen LogP contribution in [0.25, 0.3) is 11.4 Å². The number of hydrogen-bond acceptors (Lipinski definition) is 5. The minimum absolute atomic E-state index is 0.175. The lowest BCUT2D eigenvalue weighted by atomic mass is 10.1. The lowest BCUT2D eigenvalue weighted by Gasteiger charge is -2.10. The van der Waals surface area contributed by atoms with E-state index in [9.17, 15) is 4.39 Å². The summed E-state index contributed by atoms with van der Waals surface area (Å²) in [6.45, 7) is 2.46. The van der Waals surface area contributed by atoms with Crippen molar-refractivity contribution in [1.82, 2.24) is 24.5 Å². The number of imidazole rings is 1. The van der Waals surface area contributed by atoms with Crippen LogP contribution in [0.5, 0.6) is 0 Å². The van der Waals surface area contributed by atoms with Crippen LogP contribution in [0.1, 0.15) is 34.3 Å². The first-order valence-corrected chi connectivity index (χ1v) is 9.71. The van der Waals surface area contributed by atoms with Crippen molar-refractivity contribution in [2.45, 2.75) is 19.4 Å². The molecule has 30 heavy (non-hydrogen) atoms. The number of hydrogen-bond donors (Lipinski definition) is 0. The molecule has 0 spiro atoms. The van der Waals surface area contributed by atoms with Gasteiger partial charge in [-0.2, -0.15) is 0 Å². The third kappa shape index (κ3) is 2.57. The molecule has 2 aliphatic heterocycles. The van der Waals surface area contributed by atoms with E-state index in [2.05, 4.69) is 45.0 Å². The van der Waals surface area contributed by atoms with E-state index in [-0.39, 0.29) is 11.9 Å². The Hall–Kier alpha value is -3.81. The quantitative estimate of drug-likeness (QED) is 0.456. The van der Waals surface area contributed by atoms with Gasteiger partial charge >= 0.3 is 0 Å². The number of nitrogens with zero attached hydrogens (tertiary/aromatic N) is 6. The van der Waals surface area contributed by atoms with Crippen LogP contribution in [0.2, 0.25) is 0 Å². The fourth-order valence-electron chi connectivity index (χ4n) is 4.05. The molecule has 0 saturated carbocycles. The molecule has 0 unspecified atom stereocenters.